The molecule has 1 amide bonds. The Bertz CT molecular complexity index is 647. The number of amides is 1. The van der Waals surface area contributed by atoms with Gasteiger partial charge in [0, 0.05) is 12.1 Å². The van der Waals surface area contributed by atoms with Gasteiger partial charge < -0.3 is 10.0 Å². The van der Waals surface area contributed by atoms with Gasteiger partial charge in [-0.15, -0.1) is 0 Å². The maximum absolute atomic E-state index is 12.1. The second-order valence-electron chi connectivity index (χ2n) is 7.05. The molecule has 0 saturated carbocycles. The van der Waals surface area contributed by atoms with Crippen molar-refractivity contribution in [1.29, 1.82) is 0 Å². The molecule has 136 valence electrons. The van der Waals surface area contributed by atoms with Gasteiger partial charge in [0.15, 0.2) is 0 Å². The number of carbonyl (C=O) groups is 1. The van der Waals surface area contributed by atoms with E-state index in [1.165, 1.54) is 17.0 Å². The average molecular weight is 357 g/mol. The average Bonchev–Trinajstić information content (AvgIpc) is 2.43. The van der Waals surface area contributed by atoms with Gasteiger partial charge in [0.05, 0.1) is 11.5 Å². The molecule has 0 fully saturated rings. The molecule has 1 aromatic carbocycles. The van der Waals surface area contributed by atoms with Crippen molar-refractivity contribution in [2.45, 2.75) is 51.5 Å². The highest BCUT2D eigenvalue weighted by molar-refractivity contribution is 7.86. The maximum atomic E-state index is 12.1. The highest BCUT2D eigenvalue weighted by Gasteiger charge is 2.27. The van der Waals surface area contributed by atoms with Crippen LogP contribution in [0.1, 0.15) is 39.7 Å². The molecule has 24 heavy (non-hydrogen) atoms. The first kappa shape index (κ1) is 20.4. The third-order valence-corrected chi connectivity index (χ3v) is 5.02. The zero-order valence-electron chi connectivity index (χ0n) is 14.9. The summed E-state index contributed by atoms with van der Waals surface area (Å²) in [6, 6.07) is 6.46. The molecule has 1 atom stereocenters. The Morgan fingerprint density at radius 1 is 1.25 bits per heavy atom. The lowest BCUT2D eigenvalue weighted by Crippen LogP contribution is -2.47. The Hall–Kier alpha value is -1.60. The Morgan fingerprint density at radius 3 is 2.25 bits per heavy atom. The summed E-state index contributed by atoms with van der Waals surface area (Å²) in [6.45, 7) is 9.58. The monoisotopic (exact) mass is 357 g/mol. The lowest BCUT2D eigenvalue weighted by atomic mass is 10.0. The Labute approximate surface area is 144 Å². The van der Waals surface area contributed by atoms with E-state index in [0.717, 1.165) is 5.56 Å². The lowest BCUT2D eigenvalue weighted by Gasteiger charge is -2.35. The molecule has 0 radical (unpaired) electrons. The molecule has 0 aliphatic heterocycles. The van der Waals surface area contributed by atoms with Gasteiger partial charge in [0.25, 0.3) is 10.1 Å². The number of nitrogens with zero attached hydrogens (tertiary/aromatic N) is 1. The molecule has 7 heteroatoms. The van der Waals surface area contributed by atoms with Crippen molar-refractivity contribution >= 4 is 16.2 Å². The first-order chi connectivity index (χ1) is 10.9. The van der Waals surface area contributed by atoms with Gasteiger partial charge in [-0.1, -0.05) is 24.6 Å². The van der Waals surface area contributed by atoms with Crippen molar-refractivity contribution in [2.24, 2.45) is 5.92 Å². The highest BCUT2D eigenvalue weighted by Crippen LogP contribution is 2.18. The SMILES string of the molecule is Cc1ccc(S(=O)(=O)OCCC(C)CN(C(=O)O)C(C)(C)C)cc1. The molecule has 6 nitrogen and oxygen atoms in total. The van der Waals surface area contributed by atoms with E-state index < -0.39 is 21.8 Å². The predicted molar refractivity (Wildman–Crippen MR) is 92.6 cm³/mol. The smallest absolute Gasteiger partial charge is 0.407 e. The summed E-state index contributed by atoms with van der Waals surface area (Å²) in [5.74, 6) is -0.0199. The quantitative estimate of drug-likeness (QED) is 0.755. The molecule has 0 heterocycles. The minimum Gasteiger partial charge on any atom is -0.465 e. The number of hydrogen-bond donors (Lipinski definition) is 1. The van der Waals surface area contributed by atoms with Crippen LogP contribution in [0.4, 0.5) is 4.79 Å². The summed E-state index contributed by atoms with van der Waals surface area (Å²) < 4.78 is 29.2. The maximum Gasteiger partial charge on any atom is 0.407 e. The van der Waals surface area contributed by atoms with Crippen LogP contribution in [0, 0.1) is 12.8 Å². The standard InChI is InChI=1S/C17H27NO5S/c1-13-6-8-15(9-7-13)24(21,22)23-11-10-14(2)12-18(16(19)20)17(3,4)5/h6-9,14H,10-12H2,1-5H3,(H,19,20). The van der Waals surface area contributed by atoms with Crippen LogP contribution in [-0.2, 0) is 14.3 Å². The van der Waals surface area contributed by atoms with Crippen LogP contribution in [0.3, 0.4) is 0 Å². The molecule has 0 aliphatic carbocycles. The van der Waals surface area contributed by atoms with Crippen molar-refractivity contribution < 1.29 is 22.5 Å². The number of carboxylic acid groups (broad SMARTS) is 1. The van der Waals surface area contributed by atoms with Crippen LogP contribution >= 0.6 is 0 Å². The molecule has 0 spiro atoms. The van der Waals surface area contributed by atoms with Gasteiger partial charge in [-0.3, -0.25) is 4.18 Å². The summed E-state index contributed by atoms with van der Waals surface area (Å²) >= 11 is 0. The van der Waals surface area contributed by atoms with Crippen LogP contribution in [0.15, 0.2) is 29.2 Å². The predicted octanol–water partition coefficient (Wildman–Crippen LogP) is 3.51. The van der Waals surface area contributed by atoms with Gasteiger partial charge in [-0.2, -0.15) is 8.42 Å². The second-order valence-corrected chi connectivity index (χ2v) is 8.66. The van der Waals surface area contributed by atoms with E-state index in [4.69, 9.17) is 4.18 Å². The van der Waals surface area contributed by atoms with Gasteiger partial charge in [-0.05, 0) is 52.2 Å². The van der Waals surface area contributed by atoms with Gasteiger partial charge in [-0.25, -0.2) is 4.79 Å². The normalized spacial score (nSPS) is 13.5. The zero-order valence-corrected chi connectivity index (χ0v) is 15.8. The molecule has 1 rings (SSSR count). The van der Waals surface area contributed by atoms with Gasteiger partial charge in [0.2, 0.25) is 0 Å². The molecular weight excluding hydrogens is 330 g/mol. The highest BCUT2D eigenvalue weighted by atomic mass is 32.2. The van der Waals surface area contributed by atoms with E-state index in [0.29, 0.717) is 13.0 Å². The van der Waals surface area contributed by atoms with Crippen LogP contribution in [-0.4, -0.2) is 43.2 Å². The molecule has 0 bridgehead atoms. The van der Waals surface area contributed by atoms with Crippen LogP contribution < -0.4 is 0 Å². The number of rotatable bonds is 7. The van der Waals surface area contributed by atoms with Crippen LogP contribution in [0.5, 0.6) is 0 Å². The summed E-state index contributed by atoms with van der Waals surface area (Å²) in [5, 5.41) is 9.28. The fraction of sp³-hybridized carbons (Fsp3) is 0.588. The van der Waals surface area contributed by atoms with Gasteiger partial charge >= 0.3 is 6.09 Å². The van der Waals surface area contributed by atoms with E-state index in [1.54, 1.807) is 12.1 Å². The zero-order chi connectivity index (χ0) is 18.5. The fourth-order valence-corrected chi connectivity index (χ4v) is 3.09. The fourth-order valence-electron chi connectivity index (χ4n) is 2.17. The summed E-state index contributed by atoms with van der Waals surface area (Å²) in [5.41, 5.74) is 0.466. The summed E-state index contributed by atoms with van der Waals surface area (Å²) in [4.78, 5) is 12.8. The van der Waals surface area contributed by atoms with E-state index in [-0.39, 0.29) is 17.4 Å². The van der Waals surface area contributed by atoms with E-state index in [1.807, 2.05) is 34.6 Å². The van der Waals surface area contributed by atoms with Crippen LogP contribution in [0.2, 0.25) is 0 Å². The number of aryl methyl sites for hydroxylation is 1. The Morgan fingerprint density at radius 2 is 1.79 bits per heavy atom. The summed E-state index contributed by atoms with van der Waals surface area (Å²) in [7, 11) is -3.78. The van der Waals surface area contributed by atoms with E-state index in [2.05, 4.69) is 0 Å². The minimum atomic E-state index is -3.78. The summed E-state index contributed by atoms with van der Waals surface area (Å²) in [6.07, 6.45) is -0.534. The van der Waals surface area contributed by atoms with Crippen molar-refractivity contribution in [2.75, 3.05) is 13.2 Å². The van der Waals surface area contributed by atoms with Crippen LogP contribution in [0.25, 0.3) is 0 Å². The molecule has 0 saturated heterocycles. The molecule has 0 aromatic heterocycles. The molecule has 0 aliphatic rings. The van der Waals surface area contributed by atoms with Crippen molar-refractivity contribution in [3.63, 3.8) is 0 Å². The largest absolute Gasteiger partial charge is 0.465 e. The van der Waals surface area contributed by atoms with Crippen molar-refractivity contribution in [3.05, 3.63) is 29.8 Å². The lowest BCUT2D eigenvalue weighted by molar-refractivity contribution is 0.0875. The third-order valence-electron chi connectivity index (χ3n) is 3.69. The Balaban J connectivity index is 2.57. The van der Waals surface area contributed by atoms with Crippen molar-refractivity contribution in [1.82, 2.24) is 4.90 Å². The topological polar surface area (TPSA) is 83.9 Å². The number of hydrogen-bond acceptors (Lipinski definition) is 4. The molecular formula is C17H27NO5S. The van der Waals surface area contributed by atoms with Gasteiger partial charge in [0.1, 0.15) is 0 Å². The first-order valence-electron chi connectivity index (χ1n) is 7.90. The van der Waals surface area contributed by atoms with E-state index in [9.17, 15) is 18.3 Å². The molecule has 1 aromatic rings. The third kappa shape index (κ3) is 6.13. The second kappa shape index (κ2) is 7.98. The van der Waals surface area contributed by atoms with Crippen molar-refractivity contribution in [3.8, 4) is 0 Å². The van der Waals surface area contributed by atoms with E-state index >= 15 is 0 Å². The number of benzene rings is 1. The Kier molecular flexibility index (Phi) is 6.80. The minimum absolute atomic E-state index is 0.0199. The first-order valence-corrected chi connectivity index (χ1v) is 9.31. The molecule has 1 N–H and O–H groups in total. The molecule has 1 unspecified atom stereocenters.